The number of hydrogen-bond donors (Lipinski definition) is 5. The highest BCUT2D eigenvalue weighted by Gasteiger charge is 2.43. The number of carbonyl (C=O) groups excluding carboxylic acids is 2. The largest absolute Gasteiger partial charge is 0.480 e. The molecule has 1 aliphatic heterocycles. The van der Waals surface area contributed by atoms with E-state index in [1.807, 2.05) is 13.8 Å². The summed E-state index contributed by atoms with van der Waals surface area (Å²) in [5.41, 5.74) is 0. The van der Waals surface area contributed by atoms with Gasteiger partial charge in [0.2, 0.25) is 11.7 Å². The first-order valence-electron chi connectivity index (χ1n) is 10.0. The molecule has 6 atom stereocenters. The Morgan fingerprint density at radius 2 is 1.90 bits per heavy atom. The van der Waals surface area contributed by atoms with Gasteiger partial charge in [0, 0.05) is 31.7 Å². The summed E-state index contributed by atoms with van der Waals surface area (Å²) in [5.74, 6) is -3.64. The number of carbonyl (C=O) groups is 3. The molecule has 0 aromatic rings. The molecule has 0 saturated carbocycles. The zero-order chi connectivity index (χ0) is 22.1. The number of nitrogens with one attached hydrogen (secondary N) is 1. The van der Waals surface area contributed by atoms with E-state index in [0.29, 0.717) is 12.8 Å². The quantitative estimate of drug-likeness (QED) is 0.306. The average Bonchev–Trinajstić information content (AvgIpc) is 2.67. The fraction of sp³-hybridized carbons (Fsp3) is 0.750. The molecule has 1 aliphatic rings. The van der Waals surface area contributed by atoms with Gasteiger partial charge in [-0.1, -0.05) is 26.7 Å². The summed E-state index contributed by atoms with van der Waals surface area (Å²) in [5, 5.41) is 42.7. The van der Waals surface area contributed by atoms with Crippen LogP contribution in [0, 0.1) is 11.8 Å². The number of aliphatic hydroxyl groups excluding tert-OH is 3. The maximum atomic E-state index is 12.8. The van der Waals surface area contributed by atoms with Crippen LogP contribution in [0.4, 0.5) is 0 Å². The number of hydrogen-bond acceptors (Lipinski definition) is 7. The summed E-state index contributed by atoms with van der Waals surface area (Å²) < 4.78 is 5.34. The van der Waals surface area contributed by atoms with Crippen LogP contribution in [0.5, 0.6) is 0 Å². The van der Waals surface area contributed by atoms with Crippen molar-refractivity contribution in [2.24, 2.45) is 11.8 Å². The number of carboxylic acids is 1. The summed E-state index contributed by atoms with van der Waals surface area (Å²) in [6.07, 6.45) is -1.69. The van der Waals surface area contributed by atoms with Crippen molar-refractivity contribution in [3.8, 4) is 0 Å². The highest BCUT2D eigenvalue weighted by molar-refractivity contribution is 5.85. The van der Waals surface area contributed by atoms with Crippen molar-refractivity contribution in [2.45, 2.75) is 77.3 Å². The van der Waals surface area contributed by atoms with Crippen LogP contribution in [0.25, 0.3) is 0 Å². The second-order valence-electron chi connectivity index (χ2n) is 7.49. The summed E-state index contributed by atoms with van der Waals surface area (Å²) in [6, 6.07) is 0. The highest BCUT2D eigenvalue weighted by atomic mass is 16.5. The van der Waals surface area contributed by atoms with Gasteiger partial charge in [0.1, 0.15) is 24.1 Å². The van der Waals surface area contributed by atoms with E-state index >= 15 is 0 Å². The maximum Gasteiger partial charge on any atom is 0.370 e. The second kappa shape index (κ2) is 11.9. The van der Waals surface area contributed by atoms with Gasteiger partial charge in [0.05, 0.1) is 6.10 Å². The van der Waals surface area contributed by atoms with Crippen LogP contribution in [0.2, 0.25) is 0 Å². The predicted molar refractivity (Wildman–Crippen MR) is 104 cm³/mol. The fourth-order valence-corrected chi connectivity index (χ4v) is 3.46. The first kappa shape index (κ1) is 25.1. The predicted octanol–water partition coefficient (Wildman–Crippen LogP) is 0.364. The van der Waals surface area contributed by atoms with Gasteiger partial charge in [0.25, 0.3) is 0 Å². The molecule has 0 spiro atoms. The van der Waals surface area contributed by atoms with Crippen LogP contribution in [-0.4, -0.2) is 69.0 Å². The number of amides is 1. The molecule has 1 rings (SSSR count). The fourth-order valence-electron chi connectivity index (χ4n) is 3.46. The third-order valence-electron chi connectivity index (χ3n) is 5.24. The van der Waals surface area contributed by atoms with Crippen LogP contribution in [-0.2, 0) is 19.1 Å². The van der Waals surface area contributed by atoms with Crippen LogP contribution in [0.3, 0.4) is 0 Å². The molecule has 9 nitrogen and oxygen atoms in total. The van der Waals surface area contributed by atoms with E-state index < -0.39 is 48.0 Å². The Labute approximate surface area is 170 Å². The SMILES string of the molecule is CCCCC(CC)C(=O)C[C@H]1[C@H]([C@H](O)[C@H](O)CNC(C)=O)OC(C(=O)O)=C[C@@H]1O. The molecule has 5 N–H and O–H groups in total. The molecule has 29 heavy (non-hydrogen) atoms. The summed E-state index contributed by atoms with van der Waals surface area (Å²) in [7, 11) is 0. The Morgan fingerprint density at radius 3 is 2.41 bits per heavy atom. The van der Waals surface area contributed by atoms with E-state index in [4.69, 9.17) is 4.74 Å². The summed E-state index contributed by atoms with van der Waals surface area (Å²) in [4.78, 5) is 35.1. The molecule has 0 fully saturated rings. The number of Topliss-reactive ketones (excluding diaryl/α,β-unsaturated/α-hetero) is 1. The number of ketones is 1. The van der Waals surface area contributed by atoms with Crippen molar-refractivity contribution in [1.82, 2.24) is 5.32 Å². The average molecular weight is 415 g/mol. The molecule has 0 saturated heterocycles. The molecule has 1 amide bonds. The van der Waals surface area contributed by atoms with Crippen LogP contribution in [0.1, 0.15) is 52.9 Å². The van der Waals surface area contributed by atoms with E-state index in [9.17, 15) is 34.8 Å². The van der Waals surface area contributed by atoms with Crippen molar-refractivity contribution in [1.29, 1.82) is 0 Å². The molecule has 1 heterocycles. The van der Waals surface area contributed by atoms with Gasteiger partial charge in [0.15, 0.2) is 0 Å². The Balaban J connectivity index is 3.03. The molecule has 0 aromatic heterocycles. The topological polar surface area (TPSA) is 153 Å². The van der Waals surface area contributed by atoms with E-state index in [1.54, 1.807) is 0 Å². The molecule has 1 unspecified atom stereocenters. The van der Waals surface area contributed by atoms with Crippen molar-refractivity contribution in [3.63, 3.8) is 0 Å². The monoisotopic (exact) mass is 415 g/mol. The van der Waals surface area contributed by atoms with Crippen LogP contribution in [0.15, 0.2) is 11.8 Å². The molecule has 9 heteroatoms. The molecule has 0 aliphatic carbocycles. The first-order valence-corrected chi connectivity index (χ1v) is 10.0. The Hall–Kier alpha value is -1.97. The molecule has 0 radical (unpaired) electrons. The molecule has 0 aromatic carbocycles. The lowest BCUT2D eigenvalue weighted by molar-refractivity contribution is -0.152. The van der Waals surface area contributed by atoms with Gasteiger partial charge >= 0.3 is 5.97 Å². The van der Waals surface area contributed by atoms with Crippen LogP contribution >= 0.6 is 0 Å². The number of carboxylic acid groups (broad SMARTS) is 1. The number of aliphatic carboxylic acids is 1. The van der Waals surface area contributed by atoms with Crippen LogP contribution < -0.4 is 5.32 Å². The van der Waals surface area contributed by atoms with Crippen molar-refractivity contribution in [3.05, 3.63) is 11.8 Å². The third-order valence-corrected chi connectivity index (χ3v) is 5.24. The summed E-state index contributed by atoms with van der Waals surface area (Å²) >= 11 is 0. The number of ether oxygens (including phenoxy) is 1. The van der Waals surface area contributed by atoms with Crippen molar-refractivity contribution < 1.29 is 39.5 Å². The lowest BCUT2D eigenvalue weighted by Crippen LogP contribution is -2.52. The number of unbranched alkanes of at least 4 members (excludes halogenated alkanes) is 1. The standard InChI is InChI=1S/C20H33NO8/c1-4-6-7-12(5-2)14(23)8-13-15(24)9-17(20(27)28)29-19(13)18(26)16(25)10-21-11(3)22/h9,12-13,15-16,18-19,24-26H,4-8,10H2,1-3H3,(H,21,22)(H,27,28)/t12?,13-,15+,16-,18-,19-/m1/s1. The number of rotatable bonds is 12. The third kappa shape index (κ3) is 7.41. The zero-order valence-electron chi connectivity index (χ0n) is 17.2. The minimum absolute atomic E-state index is 0.102. The normalized spacial score (nSPS) is 24.6. The lowest BCUT2D eigenvalue weighted by atomic mass is 9.80. The van der Waals surface area contributed by atoms with E-state index in [0.717, 1.165) is 18.9 Å². The first-order chi connectivity index (χ1) is 13.6. The van der Waals surface area contributed by atoms with Gasteiger partial charge < -0.3 is 30.5 Å². The Bertz CT molecular complexity index is 605. The second-order valence-corrected chi connectivity index (χ2v) is 7.49. The smallest absolute Gasteiger partial charge is 0.370 e. The highest BCUT2D eigenvalue weighted by Crippen LogP contribution is 2.32. The summed E-state index contributed by atoms with van der Waals surface area (Å²) in [6.45, 7) is 4.89. The van der Waals surface area contributed by atoms with E-state index in [1.165, 1.54) is 6.92 Å². The van der Waals surface area contributed by atoms with Gasteiger partial charge in [-0.05, 0) is 18.9 Å². The molecule has 166 valence electrons. The zero-order valence-corrected chi connectivity index (χ0v) is 17.2. The van der Waals surface area contributed by atoms with E-state index in [2.05, 4.69) is 5.32 Å². The van der Waals surface area contributed by atoms with Gasteiger partial charge in [-0.2, -0.15) is 0 Å². The molecule has 0 bridgehead atoms. The van der Waals surface area contributed by atoms with Gasteiger partial charge in [-0.25, -0.2) is 4.79 Å². The Kier molecular flexibility index (Phi) is 10.3. The maximum absolute atomic E-state index is 12.8. The van der Waals surface area contributed by atoms with Gasteiger partial charge in [-0.15, -0.1) is 0 Å². The van der Waals surface area contributed by atoms with E-state index in [-0.39, 0.29) is 24.7 Å². The minimum Gasteiger partial charge on any atom is -0.480 e. The molecular formula is C20H33NO8. The van der Waals surface area contributed by atoms with Crippen molar-refractivity contribution in [2.75, 3.05) is 6.54 Å². The lowest BCUT2D eigenvalue weighted by Gasteiger charge is -2.38. The Morgan fingerprint density at radius 1 is 1.24 bits per heavy atom. The molecular weight excluding hydrogens is 382 g/mol. The van der Waals surface area contributed by atoms with Crippen molar-refractivity contribution >= 4 is 17.7 Å². The number of aliphatic hydroxyl groups is 3. The minimum atomic E-state index is -1.62. The van der Waals surface area contributed by atoms with Gasteiger partial charge in [-0.3, -0.25) is 9.59 Å².